The van der Waals surface area contributed by atoms with Gasteiger partial charge in [0.05, 0.1) is 4.90 Å². The van der Waals surface area contributed by atoms with Crippen molar-refractivity contribution in [1.82, 2.24) is 4.31 Å². The molecule has 2 aromatic carbocycles. The molecule has 1 fully saturated rings. The lowest BCUT2D eigenvalue weighted by Crippen LogP contribution is -2.35. The fourth-order valence-corrected chi connectivity index (χ4v) is 6.01. The molecule has 0 spiro atoms. The Balaban J connectivity index is 1.43. The average Bonchev–Trinajstić information content (AvgIpc) is 3.37. The summed E-state index contributed by atoms with van der Waals surface area (Å²) in [5.74, 6) is -0.00200. The lowest BCUT2D eigenvalue weighted by Gasteiger charge is -2.26. The zero-order valence-corrected chi connectivity index (χ0v) is 17.9. The Kier molecular flexibility index (Phi) is 4.84. The molecule has 8 heteroatoms. The number of sulfonamides is 1. The number of rotatable bonds is 3. The van der Waals surface area contributed by atoms with E-state index < -0.39 is 10.0 Å². The number of anilines is 1. The van der Waals surface area contributed by atoms with Crippen molar-refractivity contribution < 1.29 is 17.6 Å². The fraction of sp³-hybridized carbons (Fsp3) is 0.318. The first kappa shape index (κ1) is 19.6. The van der Waals surface area contributed by atoms with E-state index in [9.17, 15) is 13.2 Å². The highest BCUT2D eigenvalue weighted by molar-refractivity contribution is 7.89. The highest BCUT2D eigenvalue weighted by Gasteiger charge is 2.31. The number of nitrogens with zero attached hydrogens (tertiary/aromatic N) is 2. The number of furan rings is 1. The van der Waals surface area contributed by atoms with Crippen LogP contribution in [0.25, 0.3) is 11.0 Å². The molecule has 0 saturated carbocycles. The first-order valence-electron chi connectivity index (χ1n) is 10.1. The first-order chi connectivity index (χ1) is 14.4. The standard InChI is InChI=1S/C22H21ClN2O4S/c23-17-4-7-20-16(12-17)14-21(29-20)22(26)25-11-8-15-13-18(5-6-19(15)25)30(27,28)24-9-2-1-3-10-24/h4-7,12-14H,1-3,8-11H2. The minimum Gasteiger partial charge on any atom is -0.451 e. The van der Waals surface area contributed by atoms with E-state index in [2.05, 4.69) is 0 Å². The summed E-state index contributed by atoms with van der Waals surface area (Å²) in [4.78, 5) is 15.0. The van der Waals surface area contributed by atoms with Gasteiger partial charge in [-0.3, -0.25) is 4.79 Å². The number of piperidine rings is 1. The van der Waals surface area contributed by atoms with Gasteiger partial charge in [-0.05, 0) is 67.3 Å². The Labute approximate surface area is 180 Å². The van der Waals surface area contributed by atoms with Crippen LogP contribution in [0.4, 0.5) is 5.69 Å². The number of carbonyl (C=O) groups is 1. The SMILES string of the molecule is O=C(c1cc2cc(Cl)ccc2o1)N1CCc2cc(S(=O)(=O)N3CCCCC3)ccc21. The van der Waals surface area contributed by atoms with Crippen LogP contribution < -0.4 is 4.90 Å². The van der Waals surface area contributed by atoms with E-state index in [1.54, 1.807) is 51.7 Å². The number of carbonyl (C=O) groups excluding carboxylic acids is 1. The summed E-state index contributed by atoms with van der Waals surface area (Å²) >= 11 is 6.02. The van der Waals surface area contributed by atoms with Crippen molar-refractivity contribution in [3.63, 3.8) is 0 Å². The van der Waals surface area contributed by atoms with Gasteiger partial charge in [0.15, 0.2) is 5.76 Å². The molecule has 0 aliphatic carbocycles. The highest BCUT2D eigenvalue weighted by Crippen LogP contribution is 2.33. The monoisotopic (exact) mass is 444 g/mol. The average molecular weight is 445 g/mol. The molecular formula is C22H21ClN2O4S. The van der Waals surface area contributed by atoms with E-state index in [1.165, 1.54) is 0 Å². The van der Waals surface area contributed by atoms with Crippen molar-refractivity contribution >= 4 is 44.2 Å². The van der Waals surface area contributed by atoms with E-state index >= 15 is 0 Å². The maximum Gasteiger partial charge on any atom is 0.294 e. The molecule has 1 amide bonds. The van der Waals surface area contributed by atoms with Crippen molar-refractivity contribution in [2.24, 2.45) is 0 Å². The smallest absolute Gasteiger partial charge is 0.294 e. The van der Waals surface area contributed by atoms with Gasteiger partial charge in [0.2, 0.25) is 10.0 Å². The van der Waals surface area contributed by atoms with E-state index in [1.807, 2.05) is 0 Å². The molecule has 30 heavy (non-hydrogen) atoms. The molecule has 0 bridgehead atoms. The second-order valence-electron chi connectivity index (χ2n) is 7.75. The molecule has 0 radical (unpaired) electrons. The Bertz CT molecular complexity index is 1250. The van der Waals surface area contributed by atoms with Crippen molar-refractivity contribution in [2.45, 2.75) is 30.6 Å². The molecule has 1 saturated heterocycles. The maximum atomic E-state index is 13.1. The summed E-state index contributed by atoms with van der Waals surface area (Å²) in [7, 11) is -3.50. The van der Waals surface area contributed by atoms with Crippen LogP contribution in [0.1, 0.15) is 35.4 Å². The lowest BCUT2D eigenvalue weighted by atomic mass is 10.2. The molecular weight excluding hydrogens is 424 g/mol. The topological polar surface area (TPSA) is 70.8 Å². The molecule has 5 rings (SSSR count). The molecule has 0 unspecified atom stereocenters. The number of benzene rings is 2. The van der Waals surface area contributed by atoms with E-state index in [0.717, 1.165) is 35.9 Å². The summed E-state index contributed by atoms with van der Waals surface area (Å²) in [6.07, 6.45) is 3.47. The predicted octanol–water partition coefficient (Wildman–Crippen LogP) is 4.46. The predicted molar refractivity (Wildman–Crippen MR) is 116 cm³/mol. The van der Waals surface area contributed by atoms with Crippen molar-refractivity contribution in [3.8, 4) is 0 Å². The molecule has 1 aromatic heterocycles. The largest absolute Gasteiger partial charge is 0.451 e. The third-order valence-corrected chi connectivity index (χ3v) is 7.96. The van der Waals surface area contributed by atoms with E-state index in [-0.39, 0.29) is 11.7 Å². The molecule has 3 heterocycles. The quantitative estimate of drug-likeness (QED) is 0.597. The molecule has 6 nitrogen and oxygen atoms in total. The Morgan fingerprint density at radius 1 is 0.967 bits per heavy atom. The van der Waals surface area contributed by atoms with Crippen molar-refractivity contribution in [1.29, 1.82) is 0 Å². The van der Waals surface area contributed by atoms with Gasteiger partial charge < -0.3 is 9.32 Å². The van der Waals surface area contributed by atoms with Gasteiger partial charge in [0.25, 0.3) is 5.91 Å². The summed E-state index contributed by atoms with van der Waals surface area (Å²) < 4.78 is 33.2. The zero-order chi connectivity index (χ0) is 20.9. The molecule has 0 N–H and O–H groups in total. The molecule has 3 aromatic rings. The van der Waals surface area contributed by atoms with Crippen LogP contribution >= 0.6 is 11.6 Å². The molecule has 0 atom stereocenters. The second-order valence-corrected chi connectivity index (χ2v) is 10.1. The molecule has 2 aliphatic rings. The van der Waals surface area contributed by atoms with Crippen molar-refractivity contribution in [2.75, 3.05) is 24.5 Å². The highest BCUT2D eigenvalue weighted by atomic mass is 35.5. The zero-order valence-electron chi connectivity index (χ0n) is 16.3. The lowest BCUT2D eigenvalue weighted by molar-refractivity contribution is 0.0965. The number of hydrogen-bond donors (Lipinski definition) is 0. The first-order valence-corrected chi connectivity index (χ1v) is 11.9. The van der Waals surface area contributed by atoms with Gasteiger partial charge in [-0.15, -0.1) is 0 Å². The van der Waals surface area contributed by atoms with E-state index in [0.29, 0.717) is 41.6 Å². The van der Waals surface area contributed by atoms with Crippen molar-refractivity contribution in [3.05, 3.63) is 58.8 Å². The minimum atomic E-state index is -3.50. The van der Waals surface area contributed by atoms with Crippen LogP contribution in [0.5, 0.6) is 0 Å². The summed E-state index contributed by atoms with van der Waals surface area (Å²) in [5.41, 5.74) is 2.20. The summed E-state index contributed by atoms with van der Waals surface area (Å²) in [6.45, 7) is 1.62. The van der Waals surface area contributed by atoms with Crippen LogP contribution in [0, 0.1) is 0 Å². The maximum absolute atomic E-state index is 13.1. The van der Waals surface area contributed by atoms with Crippen LogP contribution in [0.3, 0.4) is 0 Å². The normalized spacial score (nSPS) is 17.4. The Morgan fingerprint density at radius 2 is 1.77 bits per heavy atom. The van der Waals surface area contributed by atoms with Gasteiger partial charge >= 0.3 is 0 Å². The van der Waals surface area contributed by atoms with Gasteiger partial charge in [0.1, 0.15) is 5.58 Å². The van der Waals surface area contributed by atoms with Crippen LogP contribution in [0.15, 0.2) is 51.8 Å². The van der Waals surface area contributed by atoms with Crippen LogP contribution in [-0.4, -0.2) is 38.3 Å². The Hall–Kier alpha value is -2.35. The van der Waals surface area contributed by atoms with Crippen LogP contribution in [0.2, 0.25) is 5.02 Å². The fourth-order valence-electron chi connectivity index (χ4n) is 4.26. The van der Waals surface area contributed by atoms with E-state index in [4.69, 9.17) is 16.0 Å². The summed E-state index contributed by atoms with van der Waals surface area (Å²) in [5, 5.41) is 1.35. The third kappa shape index (κ3) is 3.31. The second kappa shape index (κ2) is 7.41. The minimum absolute atomic E-state index is 0.241. The number of amides is 1. The van der Waals surface area contributed by atoms with Crippen LogP contribution in [-0.2, 0) is 16.4 Å². The number of halogens is 1. The third-order valence-electron chi connectivity index (χ3n) is 5.83. The van der Waals surface area contributed by atoms with Gasteiger partial charge in [0, 0.05) is 35.7 Å². The number of fused-ring (bicyclic) bond motifs is 2. The van der Waals surface area contributed by atoms with Gasteiger partial charge in [-0.2, -0.15) is 4.31 Å². The molecule has 156 valence electrons. The Morgan fingerprint density at radius 3 is 2.57 bits per heavy atom. The van der Waals surface area contributed by atoms with Gasteiger partial charge in [-0.1, -0.05) is 18.0 Å². The molecule has 2 aliphatic heterocycles. The summed E-state index contributed by atoms with van der Waals surface area (Å²) in [6, 6.07) is 12.0. The van der Waals surface area contributed by atoms with Gasteiger partial charge in [-0.25, -0.2) is 8.42 Å². The number of hydrogen-bond acceptors (Lipinski definition) is 4.